The molecule has 27 heavy (non-hydrogen) atoms. The summed E-state index contributed by atoms with van der Waals surface area (Å²) in [7, 11) is 1.59. The lowest BCUT2D eigenvalue weighted by Gasteiger charge is -2.35. The van der Waals surface area contributed by atoms with Crippen LogP contribution in [0, 0.1) is 0 Å². The minimum absolute atomic E-state index is 0.0180. The van der Waals surface area contributed by atoms with Crippen LogP contribution in [-0.4, -0.2) is 42.6 Å². The molecule has 144 valence electrons. The van der Waals surface area contributed by atoms with E-state index < -0.39 is 0 Å². The number of rotatable bonds is 7. The number of piperidine rings is 1. The summed E-state index contributed by atoms with van der Waals surface area (Å²) in [4.78, 5) is 19.8. The van der Waals surface area contributed by atoms with E-state index in [0.717, 1.165) is 31.4 Å². The van der Waals surface area contributed by atoms with Crippen LogP contribution < -0.4 is 15.2 Å². The van der Waals surface area contributed by atoms with Gasteiger partial charge in [0, 0.05) is 12.7 Å². The summed E-state index contributed by atoms with van der Waals surface area (Å²) in [6.45, 7) is 1.74. The molecule has 6 nitrogen and oxygen atoms in total. The van der Waals surface area contributed by atoms with E-state index in [1.165, 1.54) is 0 Å². The lowest BCUT2D eigenvalue weighted by Crippen LogP contribution is -2.39. The van der Waals surface area contributed by atoms with Gasteiger partial charge in [0.25, 0.3) is 5.91 Å². The number of likely N-dealkylation sites (tertiary alicyclic amines) is 1. The Morgan fingerprint density at radius 2 is 2.19 bits per heavy atom. The molecule has 1 amide bonds. The molecule has 1 aromatic heterocycles. The van der Waals surface area contributed by atoms with Crippen molar-refractivity contribution in [3.63, 3.8) is 0 Å². The van der Waals surface area contributed by atoms with Crippen LogP contribution in [0.1, 0.15) is 47.8 Å². The largest absolute Gasteiger partial charge is 0.497 e. The van der Waals surface area contributed by atoms with Gasteiger partial charge in [-0.2, -0.15) is 0 Å². The summed E-state index contributed by atoms with van der Waals surface area (Å²) in [6.07, 6.45) is 5.50. The quantitative estimate of drug-likeness (QED) is 0.759. The average molecular weight is 369 g/mol. The van der Waals surface area contributed by atoms with Gasteiger partial charge in [-0.05, 0) is 62.6 Å². The van der Waals surface area contributed by atoms with E-state index in [1.807, 2.05) is 23.1 Å². The van der Waals surface area contributed by atoms with Gasteiger partial charge in [-0.15, -0.1) is 0 Å². The molecule has 0 bridgehead atoms. The van der Waals surface area contributed by atoms with Gasteiger partial charge in [0.1, 0.15) is 11.5 Å². The molecule has 2 N–H and O–H groups in total. The fraction of sp³-hybridized carbons (Fsp3) is 0.429. The number of hydrogen-bond donors (Lipinski definition) is 1. The van der Waals surface area contributed by atoms with Gasteiger partial charge in [0.05, 0.1) is 31.0 Å². The molecule has 3 rings (SSSR count). The number of nitrogens with two attached hydrogens (primary N) is 1. The third kappa shape index (κ3) is 4.57. The molecule has 1 atom stereocenters. The summed E-state index contributed by atoms with van der Waals surface area (Å²) < 4.78 is 11.2. The smallest absolute Gasteiger partial charge is 0.258 e. The van der Waals surface area contributed by atoms with Crippen molar-refractivity contribution in [3.05, 3.63) is 53.9 Å². The fourth-order valence-electron chi connectivity index (χ4n) is 3.40. The lowest BCUT2D eigenvalue weighted by molar-refractivity contribution is 0.0601. The first-order valence-electron chi connectivity index (χ1n) is 9.47. The maximum atomic E-state index is 13.4. The van der Waals surface area contributed by atoms with Crippen molar-refractivity contribution in [2.45, 2.75) is 31.7 Å². The molecule has 0 saturated carbocycles. The van der Waals surface area contributed by atoms with Crippen LogP contribution in [0.5, 0.6) is 11.5 Å². The summed E-state index contributed by atoms with van der Waals surface area (Å²) in [5.74, 6) is 1.16. The topological polar surface area (TPSA) is 77.7 Å². The van der Waals surface area contributed by atoms with Crippen LogP contribution in [0.15, 0.2) is 42.6 Å². The normalized spacial score (nSPS) is 16.8. The molecular weight excluding hydrogens is 342 g/mol. The Hall–Kier alpha value is -2.60. The first kappa shape index (κ1) is 19.2. The molecule has 0 unspecified atom stereocenters. The second-order valence-electron chi connectivity index (χ2n) is 6.62. The average Bonchev–Trinajstić information content (AvgIpc) is 2.74. The molecule has 0 aliphatic carbocycles. The van der Waals surface area contributed by atoms with Crippen molar-refractivity contribution in [1.29, 1.82) is 0 Å². The molecule has 0 spiro atoms. The van der Waals surface area contributed by atoms with Gasteiger partial charge in [-0.25, -0.2) is 0 Å². The van der Waals surface area contributed by atoms with Crippen LogP contribution in [0.4, 0.5) is 0 Å². The Kier molecular flexibility index (Phi) is 6.65. The number of methoxy groups -OCH3 is 1. The molecule has 2 heterocycles. The van der Waals surface area contributed by atoms with E-state index in [4.69, 9.17) is 15.2 Å². The van der Waals surface area contributed by atoms with Crippen LogP contribution in [0.25, 0.3) is 0 Å². The molecule has 1 aliphatic rings. The zero-order valence-corrected chi connectivity index (χ0v) is 15.8. The van der Waals surface area contributed by atoms with Gasteiger partial charge in [0.15, 0.2) is 0 Å². The van der Waals surface area contributed by atoms with Gasteiger partial charge in [0.2, 0.25) is 0 Å². The van der Waals surface area contributed by atoms with E-state index in [1.54, 1.807) is 31.5 Å². The van der Waals surface area contributed by atoms with Crippen molar-refractivity contribution in [2.75, 3.05) is 26.8 Å². The molecule has 2 aromatic rings. The number of nitrogens with zero attached hydrogens (tertiary/aromatic N) is 2. The maximum absolute atomic E-state index is 13.4. The number of hydrogen-bond acceptors (Lipinski definition) is 5. The molecule has 1 fully saturated rings. The number of ether oxygens (including phenoxy) is 2. The highest BCUT2D eigenvalue weighted by molar-refractivity contribution is 5.97. The Morgan fingerprint density at radius 3 is 2.93 bits per heavy atom. The predicted molar refractivity (Wildman–Crippen MR) is 104 cm³/mol. The molecule has 1 saturated heterocycles. The minimum Gasteiger partial charge on any atom is -0.497 e. The SMILES string of the molecule is COc1ccc(OCCCN)c(C(=O)N2CCCC[C@H]2c2ccccn2)c1. The van der Waals surface area contributed by atoms with E-state index in [-0.39, 0.29) is 11.9 Å². The first-order valence-corrected chi connectivity index (χ1v) is 9.47. The van der Waals surface area contributed by atoms with Gasteiger partial charge >= 0.3 is 0 Å². The van der Waals surface area contributed by atoms with Crippen LogP contribution >= 0.6 is 0 Å². The minimum atomic E-state index is -0.0491. The molecule has 0 radical (unpaired) electrons. The van der Waals surface area contributed by atoms with Crippen molar-refractivity contribution in [1.82, 2.24) is 9.88 Å². The number of carbonyl (C=O) groups excluding carboxylic acids is 1. The van der Waals surface area contributed by atoms with Crippen molar-refractivity contribution < 1.29 is 14.3 Å². The number of aromatic nitrogens is 1. The van der Waals surface area contributed by atoms with E-state index in [2.05, 4.69) is 4.98 Å². The number of amides is 1. The van der Waals surface area contributed by atoms with Gasteiger partial charge in [-0.1, -0.05) is 6.07 Å². The fourth-order valence-corrected chi connectivity index (χ4v) is 3.40. The number of carbonyl (C=O) groups is 1. The highest BCUT2D eigenvalue weighted by atomic mass is 16.5. The standard InChI is InChI=1S/C21H27N3O3/c1-26-16-9-10-20(27-14-6-11-22)17(15-16)21(25)24-13-5-3-8-19(24)18-7-2-4-12-23-18/h2,4,7,9-10,12,15,19H,3,5-6,8,11,13-14,22H2,1H3/t19-/m0/s1. The summed E-state index contributed by atoms with van der Waals surface area (Å²) in [5.41, 5.74) is 7.01. The zero-order valence-electron chi connectivity index (χ0n) is 15.8. The van der Waals surface area contributed by atoms with Gasteiger partial charge in [-0.3, -0.25) is 9.78 Å². The highest BCUT2D eigenvalue weighted by Gasteiger charge is 2.31. The van der Waals surface area contributed by atoms with E-state index in [9.17, 15) is 4.79 Å². The van der Waals surface area contributed by atoms with Crippen LogP contribution in [-0.2, 0) is 0 Å². The number of pyridine rings is 1. The van der Waals surface area contributed by atoms with Gasteiger partial charge < -0.3 is 20.1 Å². The third-order valence-electron chi connectivity index (χ3n) is 4.82. The van der Waals surface area contributed by atoms with Crippen molar-refractivity contribution >= 4 is 5.91 Å². The van der Waals surface area contributed by atoms with Crippen LogP contribution in [0.3, 0.4) is 0 Å². The summed E-state index contributed by atoms with van der Waals surface area (Å²) in [6, 6.07) is 11.2. The lowest BCUT2D eigenvalue weighted by atomic mass is 9.97. The Balaban J connectivity index is 1.90. The van der Waals surface area contributed by atoms with E-state index >= 15 is 0 Å². The highest BCUT2D eigenvalue weighted by Crippen LogP contribution is 2.34. The second-order valence-corrected chi connectivity index (χ2v) is 6.62. The van der Waals surface area contributed by atoms with Crippen molar-refractivity contribution in [3.8, 4) is 11.5 Å². The van der Waals surface area contributed by atoms with Crippen molar-refractivity contribution in [2.24, 2.45) is 5.73 Å². The molecular formula is C21H27N3O3. The van der Waals surface area contributed by atoms with E-state index in [0.29, 0.717) is 36.8 Å². The third-order valence-corrected chi connectivity index (χ3v) is 4.82. The Labute approximate surface area is 160 Å². The number of benzene rings is 1. The first-order chi connectivity index (χ1) is 13.2. The molecule has 6 heteroatoms. The van der Waals surface area contributed by atoms with Crippen LogP contribution in [0.2, 0.25) is 0 Å². The Morgan fingerprint density at radius 1 is 1.30 bits per heavy atom. The monoisotopic (exact) mass is 369 g/mol. The second kappa shape index (κ2) is 9.37. The zero-order chi connectivity index (χ0) is 19.1. The summed E-state index contributed by atoms with van der Waals surface area (Å²) >= 11 is 0. The Bertz CT molecular complexity index is 752. The molecule has 1 aliphatic heterocycles. The maximum Gasteiger partial charge on any atom is 0.258 e. The summed E-state index contributed by atoms with van der Waals surface area (Å²) in [5, 5.41) is 0. The predicted octanol–water partition coefficient (Wildman–Crippen LogP) is 3.19. The molecule has 1 aromatic carbocycles.